The molecule has 4 unspecified atom stereocenters. The standard InChI is InChI=1S/4C8H17.Sn/c4*1-4-6-7-8(3)5-2;/h4*8H,3-7H2,1-2H3;. The Morgan fingerprint density at radius 3 is 0.727 bits per heavy atom. The van der Waals surface area contributed by atoms with Crippen molar-refractivity contribution in [2.75, 3.05) is 0 Å². The molecule has 0 heterocycles. The van der Waals surface area contributed by atoms with Crippen LogP contribution >= 0.6 is 0 Å². The Bertz CT molecular complexity index is 326. The molecule has 0 radical (unpaired) electrons. The third-order valence-electron chi connectivity index (χ3n) is 9.06. The van der Waals surface area contributed by atoms with Crippen LogP contribution in [0.3, 0.4) is 0 Å². The van der Waals surface area contributed by atoms with Crippen LogP contribution in [0.2, 0.25) is 17.7 Å². The van der Waals surface area contributed by atoms with Gasteiger partial charge in [0.25, 0.3) is 0 Å². The van der Waals surface area contributed by atoms with Crippen LogP contribution in [0.15, 0.2) is 0 Å². The maximum absolute atomic E-state index is 2.52. The van der Waals surface area contributed by atoms with Crippen molar-refractivity contribution >= 4 is 18.4 Å². The van der Waals surface area contributed by atoms with Crippen molar-refractivity contribution in [3.05, 3.63) is 0 Å². The van der Waals surface area contributed by atoms with E-state index in [9.17, 15) is 0 Å². The Balaban J connectivity index is 6.06. The van der Waals surface area contributed by atoms with Crippen LogP contribution in [0.1, 0.15) is 158 Å². The number of hydrogen-bond acceptors (Lipinski definition) is 0. The van der Waals surface area contributed by atoms with E-state index in [-0.39, 0.29) is 0 Å². The Morgan fingerprint density at radius 1 is 0.364 bits per heavy atom. The van der Waals surface area contributed by atoms with E-state index in [1.54, 1.807) is 17.7 Å². The summed E-state index contributed by atoms with van der Waals surface area (Å²) in [7, 11) is 0. The van der Waals surface area contributed by atoms with Gasteiger partial charge in [-0.25, -0.2) is 0 Å². The van der Waals surface area contributed by atoms with E-state index < -0.39 is 18.4 Å². The first-order valence-corrected chi connectivity index (χ1v) is 24.0. The predicted octanol–water partition coefficient (Wildman–Crippen LogP) is 12.3. The fraction of sp³-hybridized carbons (Fsp3) is 1.00. The van der Waals surface area contributed by atoms with Gasteiger partial charge in [-0.15, -0.1) is 0 Å². The van der Waals surface area contributed by atoms with E-state index in [4.69, 9.17) is 0 Å². The first-order chi connectivity index (χ1) is 16.0. The minimum atomic E-state index is -2.32. The monoisotopic (exact) mass is 572 g/mol. The summed E-state index contributed by atoms with van der Waals surface area (Å²) < 4.78 is 6.94. The molecule has 0 N–H and O–H groups in total. The molecule has 0 aromatic heterocycles. The Labute approximate surface area is 217 Å². The summed E-state index contributed by atoms with van der Waals surface area (Å²) in [6.45, 7) is 19.7. The van der Waals surface area contributed by atoms with Gasteiger partial charge < -0.3 is 0 Å². The molecule has 0 spiro atoms. The number of unbranched alkanes of at least 4 members (excludes halogenated alkanes) is 4. The Hall–Kier alpha value is 0.799. The maximum atomic E-state index is 2.52. The molecular weight excluding hydrogens is 503 g/mol. The summed E-state index contributed by atoms with van der Waals surface area (Å²) in [6, 6.07) is 0. The van der Waals surface area contributed by atoms with E-state index in [2.05, 4.69) is 55.4 Å². The van der Waals surface area contributed by atoms with Gasteiger partial charge in [0.05, 0.1) is 0 Å². The van der Waals surface area contributed by atoms with Gasteiger partial charge in [-0.05, 0) is 0 Å². The topological polar surface area (TPSA) is 0 Å². The minimum absolute atomic E-state index is 1.04. The van der Waals surface area contributed by atoms with Gasteiger partial charge in [0, 0.05) is 0 Å². The second-order valence-corrected chi connectivity index (χ2v) is 25.2. The molecule has 0 aromatic carbocycles. The molecule has 33 heavy (non-hydrogen) atoms. The first-order valence-electron chi connectivity index (χ1n) is 16.0. The van der Waals surface area contributed by atoms with E-state index in [1.807, 2.05) is 0 Å². The molecule has 0 fully saturated rings. The van der Waals surface area contributed by atoms with Crippen molar-refractivity contribution in [2.45, 2.75) is 176 Å². The molecule has 0 aromatic rings. The summed E-state index contributed by atoms with van der Waals surface area (Å²) >= 11 is -2.32. The van der Waals surface area contributed by atoms with Crippen molar-refractivity contribution in [2.24, 2.45) is 23.7 Å². The molecule has 0 nitrogen and oxygen atoms in total. The molecule has 200 valence electrons. The molecule has 0 aliphatic rings. The zero-order valence-corrected chi connectivity index (χ0v) is 27.8. The molecule has 0 bridgehead atoms. The Kier molecular flexibility index (Phi) is 22.6. The van der Waals surface area contributed by atoms with E-state index in [0.29, 0.717) is 0 Å². The van der Waals surface area contributed by atoms with Crippen LogP contribution in [0.4, 0.5) is 0 Å². The summed E-state index contributed by atoms with van der Waals surface area (Å²) in [5.41, 5.74) is 0. The SMILES string of the molecule is CCCCC(CC)[CH2][Sn]([CH2]C(CC)CCCC)([CH2]C(CC)CCCC)[CH2]C(CC)CCCC. The van der Waals surface area contributed by atoms with Crippen LogP contribution in [0, 0.1) is 23.7 Å². The van der Waals surface area contributed by atoms with Gasteiger partial charge in [-0.2, -0.15) is 0 Å². The van der Waals surface area contributed by atoms with E-state index >= 15 is 0 Å². The van der Waals surface area contributed by atoms with Gasteiger partial charge in [0.15, 0.2) is 0 Å². The number of hydrogen-bond donors (Lipinski definition) is 0. The van der Waals surface area contributed by atoms with Gasteiger partial charge in [-0.1, -0.05) is 0 Å². The van der Waals surface area contributed by atoms with Crippen molar-refractivity contribution in [1.29, 1.82) is 0 Å². The normalized spacial score (nSPS) is 17.5. The van der Waals surface area contributed by atoms with E-state index in [1.165, 1.54) is 103 Å². The third kappa shape index (κ3) is 15.5. The first kappa shape index (κ1) is 33.8. The molecule has 0 amide bonds. The molecule has 0 rings (SSSR count). The third-order valence-corrected chi connectivity index (χ3v) is 25.5. The van der Waals surface area contributed by atoms with Crippen LogP contribution in [0.25, 0.3) is 0 Å². The summed E-state index contributed by atoms with van der Waals surface area (Å²) in [5.74, 6) is 4.15. The van der Waals surface area contributed by atoms with Crippen LogP contribution in [-0.2, 0) is 0 Å². The molecule has 0 aliphatic heterocycles. The summed E-state index contributed by atoms with van der Waals surface area (Å²) in [4.78, 5) is 0. The van der Waals surface area contributed by atoms with Crippen molar-refractivity contribution < 1.29 is 0 Å². The predicted molar refractivity (Wildman–Crippen MR) is 158 cm³/mol. The Morgan fingerprint density at radius 2 is 0.576 bits per heavy atom. The van der Waals surface area contributed by atoms with Crippen molar-refractivity contribution in [3.8, 4) is 0 Å². The summed E-state index contributed by atoms with van der Waals surface area (Å²) in [5, 5.41) is 0. The fourth-order valence-electron chi connectivity index (χ4n) is 6.72. The molecule has 4 atom stereocenters. The molecule has 0 saturated heterocycles. The van der Waals surface area contributed by atoms with Gasteiger partial charge in [-0.3, -0.25) is 0 Å². The average Bonchev–Trinajstić information content (AvgIpc) is 2.84. The van der Waals surface area contributed by atoms with Crippen LogP contribution in [-0.4, -0.2) is 18.4 Å². The average molecular weight is 572 g/mol. The molecule has 0 aliphatic carbocycles. The molecular formula is C32H68Sn. The second kappa shape index (κ2) is 22.0. The van der Waals surface area contributed by atoms with Crippen LogP contribution in [0.5, 0.6) is 0 Å². The van der Waals surface area contributed by atoms with Gasteiger partial charge in [0.1, 0.15) is 0 Å². The zero-order valence-electron chi connectivity index (χ0n) is 25.0. The zero-order chi connectivity index (χ0) is 25.0. The quantitative estimate of drug-likeness (QED) is 0.101. The molecule has 0 saturated carbocycles. The van der Waals surface area contributed by atoms with Crippen molar-refractivity contribution in [1.82, 2.24) is 0 Å². The molecule has 1 heteroatoms. The van der Waals surface area contributed by atoms with Gasteiger partial charge >= 0.3 is 218 Å². The van der Waals surface area contributed by atoms with Crippen LogP contribution < -0.4 is 0 Å². The van der Waals surface area contributed by atoms with E-state index in [0.717, 1.165) is 23.7 Å². The second-order valence-electron chi connectivity index (χ2n) is 12.0. The van der Waals surface area contributed by atoms with Crippen molar-refractivity contribution in [3.63, 3.8) is 0 Å². The summed E-state index contributed by atoms with van der Waals surface area (Å²) in [6.07, 6.45) is 23.3. The number of rotatable bonds is 24. The fourth-order valence-corrected chi connectivity index (χ4v) is 29.2. The van der Waals surface area contributed by atoms with Gasteiger partial charge in [0.2, 0.25) is 0 Å².